The van der Waals surface area contributed by atoms with Gasteiger partial charge < -0.3 is 5.32 Å². The van der Waals surface area contributed by atoms with Crippen LogP contribution < -0.4 is 10.5 Å². The highest BCUT2D eigenvalue weighted by atomic mass is 35.5. The lowest BCUT2D eigenvalue weighted by atomic mass is 10.2. The number of rotatable bonds is 4. The Morgan fingerprint density at radius 3 is 2.31 bits per heavy atom. The first-order valence-corrected chi connectivity index (χ1v) is 9.30. The molecular formula is C16H14ClN5O3S. The number of halogens is 1. The molecule has 0 saturated heterocycles. The Morgan fingerprint density at radius 2 is 1.73 bits per heavy atom. The Morgan fingerprint density at radius 1 is 1.12 bits per heavy atom. The van der Waals surface area contributed by atoms with E-state index in [1.165, 1.54) is 28.9 Å². The summed E-state index contributed by atoms with van der Waals surface area (Å²) in [7, 11) is -3.79. The summed E-state index contributed by atoms with van der Waals surface area (Å²) in [5.74, 6) is -0.467. The average Bonchev–Trinajstić information content (AvgIpc) is 2.97. The van der Waals surface area contributed by atoms with Crippen molar-refractivity contribution in [3.8, 4) is 5.69 Å². The Bertz CT molecular complexity index is 1060. The Labute approximate surface area is 154 Å². The predicted molar refractivity (Wildman–Crippen MR) is 96.9 cm³/mol. The highest BCUT2D eigenvalue weighted by molar-refractivity contribution is 7.89. The summed E-state index contributed by atoms with van der Waals surface area (Å²) in [6.07, 6.45) is 0. The normalized spacial score (nSPS) is 11.3. The van der Waals surface area contributed by atoms with Gasteiger partial charge in [-0.15, -0.1) is 5.10 Å². The van der Waals surface area contributed by atoms with Gasteiger partial charge in [-0.05, 0) is 55.5 Å². The van der Waals surface area contributed by atoms with Crippen LogP contribution in [0.1, 0.15) is 16.2 Å². The van der Waals surface area contributed by atoms with Crippen LogP contribution in [0.3, 0.4) is 0 Å². The molecule has 0 aliphatic carbocycles. The summed E-state index contributed by atoms with van der Waals surface area (Å²) in [5.41, 5.74) is 1.82. The molecule has 3 rings (SSSR count). The van der Waals surface area contributed by atoms with E-state index in [1.54, 1.807) is 31.2 Å². The number of carbonyl (C=O) groups is 1. The van der Waals surface area contributed by atoms with E-state index in [9.17, 15) is 13.2 Å². The van der Waals surface area contributed by atoms with Crippen LogP contribution in [0.15, 0.2) is 53.4 Å². The molecule has 0 saturated carbocycles. The number of primary sulfonamides is 1. The first-order valence-electron chi connectivity index (χ1n) is 7.38. The lowest BCUT2D eigenvalue weighted by Gasteiger charge is -2.06. The van der Waals surface area contributed by atoms with Gasteiger partial charge in [0.2, 0.25) is 10.0 Å². The molecule has 0 atom stereocenters. The summed E-state index contributed by atoms with van der Waals surface area (Å²) in [6.45, 7) is 1.72. The zero-order valence-electron chi connectivity index (χ0n) is 13.5. The zero-order valence-corrected chi connectivity index (χ0v) is 15.1. The minimum atomic E-state index is -3.79. The highest BCUT2D eigenvalue weighted by Gasteiger charge is 2.18. The van der Waals surface area contributed by atoms with E-state index in [-0.39, 0.29) is 10.6 Å². The molecule has 0 aliphatic heterocycles. The minimum Gasteiger partial charge on any atom is -0.321 e. The van der Waals surface area contributed by atoms with Gasteiger partial charge in [0.15, 0.2) is 5.69 Å². The number of sulfonamides is 1. The third-order valence-corrected chi connectivity index (χ3v) is 4.80. The number of nitrogens with zero attached hydrogens (tertiary/aromatic N) is 3. The van der Waals surface area contributed by atoms with Gasteiger partial charge in [0.25, 0.3) is 5.91 Å². The van der Waals surface area contributed by atoms with E-state index in [2.05, 4.69) is 15.6 Å². The molecule has 1 heterocycles. The molecule has 0 bridgehead atoms. The van der Waals surface area contributed by atoms with Crippen LogP contribution in [-0.2, 0) is 10.0 Å². The summed E-state index contributed by atoms with van der Waals surface area (Å²) in [6, 6.07) is 12.4. The SMILES string of the molecule is Cc1c(C(=O)Nc2ccc(S(N)(=O)=O)cc2)nnn1-c1ccc(Cl)cc1. The second-order valence-corrected chi connectivity index (χ2v) is 7.43. The van der Waals surface area contributed by atoms with E-state index in [0.717, 1.165) is 5.69 Å². The summed E-state index contributed by atoms with van der Waals surface area (Å²) < 4.78 is 24.0. The van der Waals surface area contributed by atoms with Gasteiger partial charge in [0.1, 0.15) is 0 Å². The number of nitrogens with two attached hydrogens (primary N) is 1. The van der Waals surface area contributed by atoms with E-state index < -0.39 is 15.9 Å². The largest absolute Gasteiger partial charge is 0.321 e. The first kappa shape index (κ1) is 18.1. The van der Waals surface area contributed by atoms with Crippen molar-refractivity contribution in [2.24, 2.45) is 5.14 Å². The second-order valence-electron chi connectivity index (χ2n) is 5.44. The zero-order chi connectivity index (χ0) is 18.9. The van der Waals surface area contributed by atoms with Crippen molar-refractivity contribution in [1.29, 1.82) is 0 Å². The van der Waals surface area contributed by atoms with Gasteiger partial charge in [-0.3, -0.25) is 4.79 Å². The van der Waals surface area contributed by atoms with Crippen LogP contribution in [0.25, 0.3) is 5.69 Å². The van der Waals surface area contributed by atoms with E-state index in [1.807, 2.05) is 0 Å². The molecule has 0 fully saturated rings. The standard InChI is InChI=1S/C16H14ClN5O3S/c1-10-15(20-21-22(10)13-6-2-11(17)3-7-13)16(23)19-12-4-8-14(9-5-12)26(18,24)25/h2-9H,1H3,(H,19,23)(H2,18,24,25). The monoisotopic (exact) mass is 391 g/mol. The molecular weight excluding hydrogens is 378 g/mol. The number of hydrogen-bond donors (Lipinski definition) is 2. The lowest BCUT2D eigenvalue weighted by molar-refractivity contribution is 0.102. The number of benzene rings is 2. The van der Waals surface area contributed by atoms with Crippen LogP contribution in [0.2, 0.25) is 5.02 Å². The van der Waals surface area contributed by atoms with Crippen LogP contribution in [0.4, 0.5) is 5.69 Å². The molecule has 8 nitrogen and oxygen atoms in total. The molecule has 26 heavy (non-hydrogen) atoms. The van der Waals surface area contributed by atoms with Crippen molar-refractivity contribution in [3.05, 3.63) is 64.9 Å². The quantitative estimate of drug-likeness (QED) is 0.705. The molecule has 1 aromatic heterocycles. The van der Waals surface area contributed by atoms with Crippen molar-refractivity contribution in [1.82, 2.24) is 15.0 Å². The summed E-state index contributed by atoms with van der Waals surface area (Å²) >= 11 is 5.87. The maximum Gasteiger partial charge on any atom is 0.278 e. The van der Waals surface area contributed by atoms with Gasteiger partial charge in [-0.1, -0.05) is 16.8 Å². The van der Waals surface area contributed by atoms with Gasteiger partial charge in [0.05, 0.1) is 16.3 Å². The van der Waals surface area contributed by atoms with Crippen molar-refractivity contribution in [2.45, 2.75) is 11.8 Å². The molecule has 0 spiro atoms. The predicted octanol–water partition coefficient (Wildman–Crippen LogP) is 2.13. The Hall–Kier alpha value is -2.75. The first-order chi connectivity index (χ1) is 12.3. The molecule has 2 aromatic carbocycles. The van der Waals surface area contributed by atoms with Crippen LogP contribution in [0, 0.1) is 6.92 Å². The third-order valence-electron chi connectivity index (χ3n) is 3.62. The van der Waals surface area contributed by atoms with Gasteiger partial charge in [0, 0.05) is 10.7 Å². The molecule has 1 amide bonds. The average molecular weight is 392 g/mol. The van der Waals surface area contributed by atoms with Crippen molar-refractivity contribution in [3.63, 3.8) is 0 Å². The van der Waals surface area contributed by atoms with E-state index in [4.69, 9.17) is 16.7 Å². The molecule has 134 valence electrons. The molecule has 0 unspecified atom stereocenters. The molecule has 3 N–H and O–H groups in total. The third kappa shape index (κ3) is 3.74. The number of nitrogens with one attached hydrogen (secondary N) is 1. The molecule has 10 heteroatoms. The number of hydrogen-bond acceptors (Lipinski definition) is 5. The number of aromatic nitrogens is 3. The van der Waals surface area contributed by atoms with E-state index in [0.29, 0.717) is 16.4 Å². The fourth-order valence-corrected chi connectivity index (χ4v) is 2.93. The Balaban J connectivity index is 1.81. The fourth-order valence-electron chi connectivity index (χ4n) is 2.28. The van der Waals surface area contributed by atoms with Gasteiger partial charge >= 0.3 is 0 Å². The molecule has 0 aliphatic rings. The maximum atomic E-state index is 12.4. The molecule has 0 radical (unpaired) electrons. The number of anilines is 1. The second kappa shape index (κ2) is 6.87. The fraction of sp³-hybridized carbons (Fsp3) is 0.0625. The van der Waals surface area contributed by atoms with Crippen LogP contribution >= 0.6 is 11.6 Å². The van der Waals surface area contributed by atoms with Crippen LogP contribution in [-0.4, -0.2) is 29.3 Å². The smallest absolute Gasteiger partial charge is 0.278 e. The van der Waals surface area contributed by atoms with Gasteiger partial charge in [-0.25, -0.2) is 18.2 Å². The van der Waals surface area contributed by atoms with Crippen molar-refractivity contribution < 1.29 is 13.2 Å². The summed E-state index contributed by atoms with van der Waals surface area (Å²) in [4.78, 5) is 12.4. The lowest BCUT2D eigenvalue weighted by Crippen LogP contribution is -2.15. The van der Waals surface area contributed by atoms with Crippen molar-refractivity contribution in [2.75, 3.05) is 5.32 Å². The number of amides is 1. The van der Waals surface area contributed by atoms with Crippen molar-refractivity contribution >= 4 is 33.2 Å². The highest BCUT2D eigenvalue weighted by Crippen LogP contribution is 2.17. The van der Waals surface area contributed by atoms with Gasteiger partial charge in [-0.2, -0.15) is 0 Å². The Kier molecular flexibility index (Phi) is 4.77. The van der Waals surface area contributed by atoms with E-state index >= 15 is 0 Å². The molecule has 3 aromatic rings. The maximum absolute atomic E-state index is 12.4. The minimum absolute atomic E-state index is 0.0413. The summed E-state index contributed by atoms with van der Waals surface area (Å²) in [5, 5.41) is 16.2. The van der Waals surface area contributed by atoms with Crippen LogP contribution in [0.5, 0.6) is 0 Å². The topological polar surface area (TPSA) is 120 Å². The number of carbonyl (C=O) groups excluding carboxylic acids is 1.